The van der Waals surface area contributed by atoms with E-state index in [-0.39, 0.29) is 23.6 Å². The van der Waals surface area contributed by atoms with E-state index in [1.807, 2.05) is 52.0 Å². The lowest BCUT2D eigenvalue weighted by atomic mass is 9.90. The van der Waals surface area contributed by atoms with Gasteiger partial charge in [0.15, 0.2) is 0 Å². The van der Waals surface area contributed by atoms with Crippen molar-refractivity contribution in [2.45, 2.75) is 65.5 Å². The van der Waals surface area contributed by atoms with Crippen LogP contribution in [0.25, 0.3) is 0 Å². The van der Waals surface area contributed by atoms with Crippen LogP contribution in [0.1, 0.15) is 61.8 Å². The molecule has 1 aliphatic carbocycles. The molecule has 0 aliphatic heterocycles. The molecule has 1 fully saturated rings. The van der Waals surface area contributed by atoms with Crippen LogP contribution >= 0.6 is 0 Å². The summed E-state index contributed by atoms with van der Waals surface area (Å²) in [5.74, 6) is 0.552. The molecule has 4 heteroatoms. The molecule has 0 aromatic heterocycles. The Bertz CT molecular complexity index is 839. The molecular formula is C24H30N2O2. The predicted molar refractivity (Wildman–Crippen MR) is 116 cm³/mol. The number of benzene rings is 2. The molecule has 2 unspecified atom stereocenters. The number of hydrogen-bond donors (Lipinski definition) is 2. The molecule has 2 N–H and O–H groups in total. The smallest absolute Gasteiger partial charge is 0.124 e. The molecule has 0 amide bonds. The fourth-order valence-electron chi connectivity index (χ4n) is 3.92. The lowest BCUT2D eigenvalue weighted by Gasteiger charge is -2.27. The third kappa shape index (κ3) is 4.61. The third-order valence-corrected chi connectivity index (χ3v) is 5.50. The van der Waals surface area contributed by atoms with E-state index in [0.717, 1.165) is 59.4 Å². The SMILES string of the molecule is CC(=NC1CCCCC1N=C(C)c1ccc(C)cc1O)c1ccc(C)cc1O. The average Bonchev–Trinajstić information content (AvgIpc) is 2.63. The first-order valence-electron chi connectivity index (χ1n) is 10.0. The fourth-order valence-corrected chi connectivity index (χ4v) is 3.92. The zero-order valence-electron chi connectivity index (χ0n) is 17.2. The summed E-state index contributed by atoms with van der Waals surface area (Å²) >= 11 is 0. The monoisotopic (exact) mass is 378 g/mol. The Balaban J connectivity index is 1.87. The van der Waals surface area contributed by atoms with Crippen molar-refractivity contribution in [2.75, 3.05) is 0 Å². The van der Waals surface area contributed by atoms with Crippen molar-refractivity contribution in [3.05, 3.63) is 58.7 Å². The van der Waals surface area contributed by atoms with E-state index in [1.54, 1.807) is 12.1 Å². The van der Waals surface area contributed by atoms with Crippen LogP contribution in [0.2, 0.25) is 0 Å². The molecule has 1 aliphatic rings. The standard InChI is InChI=1S/C24H30N2O2/c1-15-9-11-19(23(27)13-15)17(3)25-21-7-5-6-8-22(21)26-18(4)20-12-10-16(2)14-24(20)28/h9-14,21-22,27-28H,5-8H2,1-4H3. The quantitative estimate of drug-likeness (QED) is 0.705. The second-order valence-electron chi connectivity index (χ2n) is 7.89. The van der Waals surface area contributed by atoms with Crippen LogP contribution < -0.4 is 0 Å². The summed E-state index contributed by atoms with van der Waals surface area (Å²) in [6.45, 7) is 7.84. The molecular weight excluding hydrogens is 348 g/mol. The highest BCUT2D eigenvalue weighted by molar-refractivity contribution is 6.02. The van der Waals surface area contributed by atoms with Gasteiger partial charge >= 0.3 is 0 Å². The topological polar surface area (TPSA) is 65.2 Å². The second-order valence-corrected chi connectivity index (χ2v) is 7.89. The molecule has 2 atom stereocenters. The molecule has 1 saturated carbocycles. The summed E-state index contributed by atoms with van der Waals surface area (Å²) in [5.41, 5.74) is 5.32. The minimum Gasteiger partial charge on any atom is -0.507 e. The number of hydrogen-bond acceptors (Lipinski definition) is 4. The molecule has 28 heavy (non-hydrogen) atoms. The Morgan fingerprint density at radius 2 is 1.14 bits per heavy atom. The zero-order chi connectivity index (χ0) is 20.3. The number of phenolic OH excluding ortho intramolecular Hbond substituents is 2. The van der Waals surface area contributed by atoms with Gasteiger partial charge in [-0.3, -0.25) is 9.98 Å². The largest absolute Gasteiger partial charge is 0.507 e. The van der Waals surface area contributed by atoms with E-state index in [1.165, 1.54) is 0 Å². The molecule has 0 saturated heterocycles. The van der Waals surface area contributed by atoms with Crippen LogP contribution in [0.5, 0.6) is 11.5 Å². The minimum absolute atomic E-state index is 0.0944. The third-order valence-electron chi connectivity index (χ3n) is 5.50. The summed E-state index contributed by atoms with van der Waals surface area (Å²) in [5, 5.41) is 20.5. The van der Waals surface area contributed by atoms with E-state index >= 15 is 0 Å². The van der Waals surface area contributed by atoms with Gasteiger partial charge < -0.3 is 10.2 Å². The minimum atomic E-state index is 0.0944. The predicted octanol–water partition coefficient (Wildman–Crippen LogP) is 5.34. The molecule has 148 valence electrons. The van der Waals surface area contributed by atoms with Crippen molar-refractivity contribution in [2.24, 2.45) is 9.98 Å². The van der Waals surface area contributed by atoms with Gasteiger partial charge in [0, 0.05) is 22.6 Å². The van der Waals surface area contributed by atoms with Crippen molar-refractivity contribution >= 4 is 11.4 Å². The van der Waals surface area contributed by atoms with E-state index in [9.17, 15) is 10.2 Å². The number of rotatable bonds is 4. The van der Waals surface area contributed by atoms with Crippen molar-refractivity contribution < 1.29 is 10.2 Å². The van der Waals surface area contributed by atoms with Crippen LogP contribution in [-0.2, 0) is 0 Å². The fraction of sp³-hybridized carbons (Fsp3) is 0.417. The maximum Gasteiger partial charge on any atom is 0.124 e. The van der Waals surface area contributed by atoms with Crippen LogP contribution in [0, 0.1) is 13.8 Å². The molecule has 0 bridgehead atoms. The maximum atomic E-state index is 10.3. The normalized spacial score (nSPS) is 21.0. The highest BCUT2D eigenvalue weighted by atomic mass is 16.3. The Hall–Kier alpha value is -2.62. The summed E-state index contributed by atoms with van der Waals surface area (Å²) in [4.78, 5) is 9.90. The lowest BCUT2D eigenvalue weighted by molar-refractivity contribution is 0.388. The van der Waals surface area contributed by atoms with E-state index in [4.69, 9.17) is 9.98 Å². The van der Waals surface area contributed by atoms with Crippen molar-refractivity contribution in [1.29, 1.82) is 0 Å². The Labute approximate surface area is 167 Å². The maximum absolute atomic E-state index is 10.3. The summed E-state index contributed by atoms with van der Waals surface area (Å²) in [7, 11) is 0. The van der Waals surface area contributed by atoms with Gasteiger partial charge in [0.1, 0.15) is 11.5 Å². The van der Waals surface area contributed by atoms with Gasteiger partial charge in [-0.1, -0.05) is 25.0 Å². The van der Waals surface area contributed by atoms with Gasteiger partial charge in [-0.05, 0) is 75.9 Å². The molecule has 2 aromatic carbocycles. The first-order chi connectivity index (χ1) is 13.3. The molecule has 0 spiro atoms. The number of nitrogens with zero attached hydrogens (tertiary/aromatic N) is 2. The lowest BCUT2D eigenvalue weighted by Crippen LogP contribution is -2.29. The number of phenols is 2. The highest BCUT2D eigenvalue weighted by Crippen LogP contribution is 2.28. The van der Waals surface area contributed by atoms with Crippen LogP contribution in [0.15, 0.2) is 46.4 Å². The number of aromatic hydroxyl groups is 2. The van der Waals surface area contributed by atoms with E-state index in [2.05, 4.69) is 0 Å². The van der Waals surface area contributed by atoms with Gasteiger partial charge in [0.25, 0.3) is 0 Å². The second kappa shape index (κ2) is 8.59. The zero-order valence-corrected chi connectivity index (χ0v) is 17.2. The van der Waals surface area contributed by atoms with Crippen molar-refractivity contribution in [3.8, 4) is 11.5 Å². The molecule has 3 rings (SSSR count). The van der Waals surface area contributed by atoms with Gasteiger partial charge in [-0.15, -0.1) is 0 Å². The summed E-state index contributed by atoms with van der Waals surface area (Å²) < 4.78 is 0. The Kier molecular flexibility index (Phi) is 6.18. The summed E-state index contributed by atoms with van der Waals surface area (Å²) in [6.07, 6.45) is 4.26. The van der Waals surface area contributed by atoms with Crippen LogP contribution in [0.3, 0.4) is 0 Å². The molecule has 4 nitrogen and oxygen atoms in total. The number of aryl methyl sites for hydroxylation is 2. The molecule has 0 radical (unpaired) electrons. The molecule has 0 heterocycles. The van der Waals surface area contributed by atoms with E-state index < -0.39 is 0 Å². The van der Waals surface area contributed by atoms with Crippen LogP contribution in [-0.4, -0.2) is 33.7 Å². The highest BCUT2D eigenvalue weighted by Gasteiger charge is 2.25. The first-order valence-corrected chi connectivity index (χ1v) is 10.0. The van der Waals surface area contributed by atoms with Gasteiger partial charge in [-0.2, -0.15) is 0 Å². The molecule has 2 aromatic rings. The van der Waals surface area contributed by atoms with Crippen molar-refractivity contribution in [1.82, 2.24) is 0 Å². The Morgan fingerprint density at radius 3 is 1.50 bits per heavy atom. The van der Waals surface area contributed by atoms with Crippen LogP contribution in [0.4, 0.5) is 0 Å². The van der Waals surface area contributed by atoms with Gasteiger partial charge in [0.05, 0.1) is 12.1 Å². The van der Waals surface area contributed by atoms with E-state index in [0.29, 0.717) is 0 Å². The first kappa shape index (κ1) is 20.1. The summed E-state index contributed by atoms with van der Waals surface area (Å²) in [6, 6.07) is 11.6. The van der Waals surface area contributed by atoms with Crippen molar-refractivity contribution in [3.63, 3.8) is 0 Å². The van der Waals surface area contributed by atoms with Gasteiger partial charge in [0.2, 0.25) is 0 Å². The Morgan fingerprint density at radius 1 is 0.750 bits per heavy atom. The average molecular weight is 379 g/mol. The number of aliphatic imine (C=N–C) groups is 2. The van der Waals surface area contributed by atoms with Gasteiger partial charge in [-0.25, -0.2) is 0 Å².